The maximum atomic E-state index is 12.9. The van der Waals surface area contributed by atoms with E-state index in [9.17, 15) is 14.4 Å². The van der Waals surface area contributed by atoms with Gasteiger partial charge in [-0.05, 0) is 109 Å². The van der Waals surface area contributed by atoms with Gasteiger partial charge < -0.3 is 14.2 Å². The highest BCUT2D eigenvalue weighted by atomic mass is 16.6. The third-order valence-electron chi connectivity index (χ3n) is 13.0. The van der Waals surface area contributed by atoms with E-state index in [2.05, 4.69) is 124 Å². The first-order chi connectivity index (χ1) is 36.5. The lowest BCUT2D eigenvalue weighted by molar-refractivity contribution is -0.166. The fourth-order valence-electron chi connectivity index (χ4n) is 8.36. The van der Waals surface area contributed by atoms with E-state index in [0.717, 1.165) is 103 Å². The lowest BCUT2D eigenvalue weighted by Crippen LogP contribution is -2.30. The molecule has 0 aromatic carbocycles. The first-order valence-corrected chi connectivity index (χ1v) is 30.9. The molecule has 0 aliphatic rings. The van der Waals surface area contributed by atoms with Crippen LogP contribution in [0.15, 0.2) is 109 Å². The van der Waals surface area contributed by atoms with Crippen LogP contribution in [-0.4, -0.2) is 37.2 Å². The number of carbonyl (C=O) groups is 3. The molecule has 1 atom stereocenters. The lowest BCUT2D eigenvalue weighted by Gasteiger charge is -2.18. The van der Waals surface area contributed by atoms with E-state index in [1.54, 1.807) is 0 Å². The molecule has 6 heteroatoms. The Morgan fingerprint density at radius 3 is 0.932 bits per heavy atom. The third kappa shape index (κ3) is 59.0. The van der Waals surface area contributed by atoms with Crippen LogP contribution in [0.4, 0.5) is 0 Å². The monoisotopic (exact) mass is 1030 g/mol. The van der Waals surface area contributed by atoms with Crippen molar-refractivity contribution < 1.29 is 28.6 Å². The number of hydrogen-bond acceptors (Lipinski definition) is 6. The van der Waals surface area contributed by atoms with Crippen LogP contribution < -0.4 is 0 Å². The summed E-state index contributed by atoms with van der Waals surface area (Å²) in [5, 5.41) is 0. The van der Waals surface area contributed by atoms with Gasteiger partial charge in [0.15, 0.2) is 6.10 Å². The highest BCUT2D eigenvalue weighted by Gasteiger charge is 2.19. The number of rotatable bonds is 55. The number of carbonyl (C=O) groups excluding carboxylic acids is 3. The molecule has 0 bridgehead atoms. The standard InChI is InChI=1S/C68H114O6/c1-4-7-10-13-16-19-22-25-28-30-32-33-34-35-37-38-40-43-46-49-52-55-58-61-67(70)73-64-65(63-72-66(69)60-57-54-51-48-45-42-27-24-21-18-15-12-9-6-3)74-68(71)62-59-56-53-50-47-44-41-39-36-31-29-26-23-20-17-14-11-8-5-2/h8,11,15,17-18,20,24,26-27,29-30,32,36,39,44,47,53,56,65H,4-7,9-10,12-14,16,19,21-23,25,28,31,33-35,37-38,40-43,45-46,48-52,54-55,57-64H2,1-3H3/b11-8-,18-15-,20-17-,27-24-,29-26-,32-30-,39-36-,47-44-,56-53-. The van der Waals surface area contributed by atoms with Crippen molar-refractivity contribution in [3.63, 3.8) is 0 Å². The van der Waals surface area contributed by atoms with E-state index in [4.69, 9.17) is 14.2 Å². The minimum Gasteiger partial charge on any atom is -0.462 e. The van der Waals surface area contributed by atoms with E-state index in [-0.39, 0.29) is 31.6 Å². The van der Waals surface area contributed by atoms with E-state index < -0.39 is 12.1 Å². The molecule has 0 aromatic rings. The van der Waals surface area contributed by atoms with E-state index in [0.29, 0.717) is 19.3 Å². The Morgan fingerprint density at radius 1 is 0.284 bits per heavy atom. The third-order valence-corrected chi connectivity index (χ3v) is 13.0. The molecule has 0 heterocycles. The molecule has 0 aliphatic heterocycles. The van der Waals surface area contributed by atoms with Gasteiger partial charge in [0.1, 0.15) is 13.2 Å². The number of ether oxygens (including phenoxy) is 3. The molecule has 0 amide bonds. The zero-order valence-corrected chi connectivity index (χ0v) is 48.3. The van der Waals surface area contributed by atoms with Gasteiger partial charge in [-0.3, -0.25) is 14.4 Å². The van der Waals surface area contributed by atoms with Crippen molar-refractivity contribution in [3.8, 4) is 0 Å². The molecule has 0 spiro atoms. The quantitative estimate of drug-likeness (QED) is 0.0261. The van der Waals surface area contributed by atoms with Crippen LogP contribution in [0.25, 0.3) is 0 Å². The summed E-state index contributed by atoms with van der Waals surface area (Å²) < 4.78 is 16.8. The Labute approximate surface area is 457 Å². The first-order valence-electron chi connectivity index (χ1n) is 30.9. The number of unbranched alkanes of at least 4 members (excludes halogenated alkanes) is 26. The summed E-state index contributed by atoms with van der Waals surface area (Å²) in [6.45, 7) is 6.43. The molecule has 0 N–H and O–H groups in total. The van der Waals surface area contributed by atoms with Gasteiger partial charge in [-0.2, -0.15) is 0 Å². The molecule has 6 nitrogen and oxygen atoms in total. The van der Waals surface area contributed by atoms with Crippen molar-refractivity contribution in [1.82, 2.24) is 0 Å². The van der Waals surface area contributed by atoms with Crippen LogP contribution >= 0.6 is 0 Å². The molecule has 0 rings (SSSR count). The lowest BCUT2D eigenvalue weighted by atomic mass is 10.0. The highest BCUT2D eigenvalue weighted by molar-refractivity contribution is 5.71. The smallest absolute Gasteiger partial charge is 0.306 e. The summed E-state index contributed by atoms with van der Waals surface area (Å²) in [4.78, 5) is 38.2. The van der Waals surface area contributed by atoms with Crippen LogP contribution in [0.3, 0.4) is 0 Å². The summed E-state index contributed by atoms with van der Waals surface area (Å²) in [6.07, 6.45) is 83.9. The maximum Gasteiger partial charge on any atom is 0.306 e. The Hall–Kier alpha value is -3.93. The topological polar surface area (TPSA) is 78.9 Å². The van der Waals surface area contributed by atoms with Crippen molar-refractivity contribution >= 4 is 17.9 Å². The van der Waals surface area contributed by atoms with Crippen LogP contribution in [0.2, 0.25) is 0 Å². The van der Waals surface area contributed by atoms with Crippen molar-refractivity contribution in [1.29, 1.82) is 0 Å². The summed E-state index contributed by atoms with van der Waals surface area (Å²) >= 11 is 0. The minimum absolute atomic E-state index is 0.114. The first kappa shape index (κ1) is 70.1. The van der Waals surface area contributed by atoms with Crippen LogP contribution in [0, 0.1) is 0 Å². The minimum atomic E-state index is -0.827. The molecule has 0 fully saturated rings. The number of esters is 3. The zero-order chi connectivity index (χ0) is 53.6. The largest absolute Gasteiger partial charge is 0.462 e. The zero-order valence-electron chi connectivity index (χ0n) is 48.3. The van der Waals surface area contributed by atoms with Gasteiger partial charge in [-0.1, -0.05) is 265 Å². The summed E-state index contributed by atoms with van der Waals surface area (Å²) in [5.41, 5.74) is 0. The SMILES string of the molecule is CC/C=C\C/C=C\C/C=C\C/C=C\C/C=C\C/C=C\CCC(=O)OC(COC(=O)CCCCCCC/C=C\C/C=C\CCCC)COC(=O)CCCCCCCCCCCCC/C=C\CCCCCCCCCC. The predicted octanol–water partition coefficient (Wildman–Crippen LogP) is 21.0. The average Bonchev–Trinajstić information content (AvgIpc) is 3.40. The Balaban J connectivity index is 4.45. The molecule has 0 saturated heterocycles. The van der Waals surface area contributed by atoms with Crippen molar-refractivity contribution in [2.75, 3.05) is 13.2 Å². The van der Waals surface area contributed by atoms with Crippen LogP contribution in [0.1, 0.15) is 284 Å². The average molecular weight is 1030 g/mol. The molecule has 0 radical (unpaired) electrons. The number of hydrogen-bond donors (Lipinski definition) is 0. The Kier molecular flexibility index (Phi) is 58.3. The molecule has 1 unspecified atom stereocenters. The molecule has 74 heavy (non-hydrogen) atoms. The summed E-state index contributed by atoms with van der Waals surface area (Å²) in [5.74, 6) is -1.01. The van der Waals surface area contributed by atoms with Gasteiger partial charge in [-0.15, -0.1) is 0 Å². The van der Waals surface area contributed by atoms with Gasteiger partial charge >= 0.3 is 17.9 Å². The Bertz CT molecular complexity index is 1510. The predicted molar refractivity (Wildman–Crippen MR) is 320 cm³/mol. The van der Waals surface area contributed by atoms with Crippen LogP contribution in [0.5, 0.6) is 0 Å². The maximum absolute atomic E-state index is 12.9. The molecule has 0 saturated carbocycles. The second-order valence-electron chi connectivity index (χ2n) is 20.2. The van der Waals surface area contributed by atoms with E-state index in [1.165, 1.54) is 135 Å². The van der Waals surface area contributed by atoms with Crippen LogP contribution in [-0.2, 0) is 28.6 Å². The van der Waals surface area contributed by atoms with Gasteiger partial charge in [0.05, 0.1) is 0 Å². The molecular formula is C68H114O6. The molecular weight excluding hydrogens is 913 g/mol. The molecule has 0 aliphatic carbocycles. The fraction of sp³-hybridized carbons (Fsp3) is 0.691. The van der Waals surface area contributed by atoms with Crippen molar-refractivity contribution in [2.45, 2.75) is 290 Å². The van der Waals surface area contributed by atoms with Crippen molar-refractivity contribution in [3.05, 3.63) is 109 Å². The van der Waals surface area contributed by atoms with Crippen molar-refractivity contribution in [2.24, 2.45) is 0 Å². The Morgan fingerprint density at radius 2 is 0.568 bits per heavy atom. The number of allylic oxidation sites excluding steroid dienone is 18. The van der Waals surface area contributed by atoms with E-state index in [1.807, 2.05) is 6.08 Å². The normalized spacial score (nSPS) is 12.9. The highest BCUT2D eigenvalue weighted by Crippen LogP contribution is 2.15. The van der Waals surface area contributed by atoms with Gasteiger partial charge in [-0.25, -0.2) is 0 Å². The summed E-state index contributed by atoms with van der Waals surface area (Å²) in [7, 11) is 0. The molecule has 0 aromatic heterocycles. The fourth-order valence-corrected chi connectivity index (χ4v) is 8.36. The second kappa shape index (κ2) is 61.6. The van der Waals surface area contributed by atoms with Gasteiger partial charge in [0.2, 0.25) is 0 Å². The molecule has 422 valence electrons. The van der Waals surface area contributed by atoms with Gasteiger partial charge in [0, 0.05) is 19.3 Å². The summed E-state index contributed by atoms with van der Waals surface area (Å²) in [6, 6.07) is 0. The van der Waals surface area contributed by atoms with E-state index >= 15 is 0 Å². The van der Waals surface area contributed by atoms with Gasteiger partial charge in [0.25, 0.3) is 0 Å². The second-order valence-corrected chi connectivity index (χ2v) is 20.2.